The molecule has 0 spiro atoms. The van der Waals surface area contributed by atoms with Gasteiger partial charge in [-0.2, -0.15) is 4.98 Å². The monoisotopic (exact) mass is 308 g/mol. The molecule has 92 valence electrons. The summed E-state index contributed by atoms with van der Waals surface area (Å²) in [6.07, 6.45) is 0.620. The summed E-state index contributed by atoms with van der Waals surface area (Å²) in [5, 5.41) is 3.15. The number of aromatic amines is 1. The summed E-state index contributed by atoms with van der Waals surface area (Å²) < 4.78 is 15.5. The van der Waals surface area contributed by atoms with Gasteiger partial charge in [-0.15, -0.1) is 0 Å². The number of aromatic nitrogens is 4. The van der Waals surface area contributed by atoms with Gasteiger partial charge in [-0.05, 0) is 40.5 Å². The quantitative estimate of drug-likeness (QED) is 0.791. The van der Waals surface area contributed by atoms with Crippen LogP contribution in [0.5, 0.6) is 0 Å². The molecule has 1 aromatic carbocycles. The molecule has 18 heavy (non-hydrogen) atoms. The topological polar surface area (TPSA) is 46.0 Å². The van der Waals surface area contributed by atoms with Crippen LogP contribution in [0.1, 0.15) is 17.1 Å². The lowest BCUT2D eigenvalue weighted by Gasteiger charge is -1.97. The molecule has 0 atom stereocenters. The number of fused-ring (bicyclic) bond motifs is 1. The number of nitrogens with one attached hydrogen (secondary N) is 1. The summed E-state index contributed by atoms with van der Waals surface area (Å²) in [4.78, 5) is 8.69. The number of hydrogen-bond donors (Lipinski definition) is 1. The SMILES string of the molecule is Cc1nc2nc(Cc3ccc(F)cc3)[nH]n2c1Br. The third-order valence-electron chi connectivity index (χ3n) is 2.72. The van der Waals surface area contributed by atoms with E-state index in [1.807, 2.05) is 6.92 Å². The van der Waals surface area contributed by atoms with Gasteiger partial charge < -0.3 is 0 Å². The zero-order valence-corrected chi connectivity index (χ0v) is 11.2. The minimum absolute atomic E-state index is 0.230. The van der Waals surface area contributed by atoms with E-state index in [0.717, 1.165) is 21.7 Å². The van der Waals surface area contributed by atoms with Crippen LogP contribution in [-0.2, 0) is 6.42 Å². The molecule has 0 amide bonds. The highest BCUT2D eigenvalue weighted by molar-refractivity contribution is 9.10. The van der Waals surface area contributed by atoms with Crippen molar-refractivity contribution >= 4 is 21.7 Å². The Bertz CT molecular complexity index is 699. The molecular weight excluding hydrogens is 299 g/mol. The van der Waals surface area contributed by atoms with Crippen molar-refractivity contribution in [3.8, 4) is 0 Å². The van der Waals surface area contributed by atoms with E-state index >= 15 is 0 Å². The molecule has 1 N–H and O–H groups in total. The van der Waals surface area contributed by atoms with E-state index in [9.17, 15) is 4.39 Å². The van der Waals surface area contributed by atoms with Gasteiger partial charge in [-0.1, -0.05) is 12.1 Å². The fourth-order valence-corrected chi connectivity index (χ4v) is 2.16. The number of nitrogens with zero attached hydrogens (tertiary/aromatic N) is 3. The normalized spacial score (nSPS) is 11.3. The third-order valence-corrected chi connectivity index (χ3v) is 3.65. The lowest BCUT2D eigenvalue weighted by Crippen LogP contribution is -1.93. The van der Waals surface area contributed by atoms with Crippen LogP contribution >= 0.6 is 15.9 Å². The molecule has 0 saturated carbocycles. The largest absolute Gasteiger partial charge is 0.277 e. The minimum Gasteiger partial charge on any atom is -0.277 e. The van der Waals surface area contributed by atoms with Gasteiger partial charge in [0.1, 0.15) is 16.2 Å². The van der Waals surface area contributed by atoms with Crippen molar-refractivity contribution in [3.63, 3.8) is 0 Å². The van der Waals surface area contributed by atoms with Crippen molar-refractivity contribution in [1.82, 2.24) is 19.6 Å². The second-order valence-electron chi connectivity index (χ2n) is 4.10. The van der Waals surface area contributed by atoms with E-state index in [2.05, 4.69) is 31.0 Å². The average Bonchev–Trinajstić information content (AvgIpc) is 2.84. The lowest BCUT2D eigenvalue weighted by molar-refractivity contribution is 0.627. The van der Waals surface area contributed by atoms with Crippen LogP contribution < -0.4 is 0 Å². The van der Waals surface area contributed by atoms with Crippen LogP contribution in [0.25, 0.3) is 5.78 Å². The van der Waals surface area contributed by atoms with Gasteiger partial charge in [0.2, 0.25) is 0 Å². The predicted octanol–water partition coefficient (Wildman–Crippen LogP) is 2.86. The Labute approximate surface area is 111 Å². The average molecular weight is 309 g/mol. The Morgan fingerprint density at radius 2 is 2.00 bits per heavy atom. The summed E-state index contributed by atoms with van der Waals surface area (Å²) in [6.45, 7) is 1.91. The van der Waals surface area contributed by atoms with Gasteiger partial charge in [-0.3, -0.25) is 5.10 Å². The summed E-state index contributed by atoms with van der Waals surface area (Å²) in [6, 6.07) is 6.40. The number of rotatable bonds is 2. The van der Waals surface area contributed by atoms with E-state index in [1.54, 1.807) is 16.6 Å². The summed E-state index contributed by atoms with van der Waals surface area (Å²) >= 11 is 3.44. The van der Waals surface area contributed by atoms with Gasteiger partial charge >= 0.3 is 0 Å². The van der Waals surface area contributed by atoms with Crippen LogP contribution in [0.3, 0.4) is 0 Å². The molecule has 2 aromatic heterocycles. The molecule has 3 aromatic rings. The molecule has 0 aliphatic carbocycles. The van der Waals surface area contributed by atoms with Gasteiger partial charge in [0.05, 0.1) is 5.69 Å². The maximum atomic E-state index is 12.8. The Balaban J connectivity index is 1.93. The van der Waals surface area contributed by atoms with Crippen LogP contribution in [-0.4, -0.2) is 19.6 Å². The van der Waals surface area contributed by atoms with Crippen molar-refractivity contribution in [2.24, 2.45) is 0 Å². The standard InChI is InChI=1S/C12H10BrFN4/c1-7-11(13)18-12(15-7)16-10(17-18)6-8-2-4-9(14)5-3-8/h2-5H,6H2,1H3,(H,15,16,17). The Morgan fingerprint density at radius 3 is 2.67 bits per heavy atom. The minimum atomic E-state index is -0.230. The van der Waals surface area contributed by atoms with Crippen molar-refractivity contribution in [3.05, 3.63) is 51.8 Å². The van der Waals surface area contributed by atoms with E-state index in [4.69, 9.17) is 0 Å². The molecule has 0 fully saturated rings. The molecule has 4 nitrogen and oxygen atoms in total. The molecule has 0 saturated heterocycles. The summed E-state index contributed by atoms with van der Waals surface area (Å²) in [5.74, 6) is 1.20. The van der Waals surface area contributed by atoms with Gasteiger partial charge in [0.15, 0.2) is 0 Å². The van der Waals surface area contributed by atoms with Gasteiger partial charge in [0, 0.05) is 6.42 Å². The maximum Gasteiger partial charge on any atom is 0.251 e. The van der Waals surface area contributed by atoms with Gasteiger partial charge in [0.25, 0.3) is 5.78 Å². The molecule has 3 rings (SSSR count). The first-order valence-electron chi connectivity index (χ1n) is 5.47. The van der Waals surface area contributed by atoms with E-state index < -0.39 is 0 Å². The number of imidazole rings is 1. The molecule has 0 aliphatic heterocycles. The molecule has 0 radical (unpaired) electrons. The molecule has 0 bridgehead atoms. The lowest BCUT2D eigenvalue weighted by atomic mass is 10.1. The predicted molar refractivity (Wildman–Crippen MR) is 69.0 cm³/mol. The first-order valence-corrected chi connectivity index (χ1v) is 6.26. The molecular formula is C12H10BrFN4. The number of aryl methyl sites for hydroxylation is 1. The van der Waals surface area contributed by atoms with Crippen molar-refractivity contribution < 1.29 is 4.39 Å². The number of halogens is 2. The van der Waals surface area contributed by atoms with Crippen molar-refractivity contribution in [1.29, 1.82) is 0 Å². The van der Waals surface area contributed by atoms with E-state index in [0.29, 0.717) is 12.2 Å². The number of benzene rings is 1. The van der Waals surface area contributed by atoms with Crippen LogP contribution in [0, 0.1) is 12.7 Å². The second-order valence-corrected chi connectivity index (χ2v) is 4.85. The molecule has 0 unspecified atom stereocenters. The molecule has 0 aliphatic rings. The van der Waals surface area contributed by atoms with Crippen LogP contribution in [0.15, 0.2) is 28.9 Å². The molecule has 2 heterocycles. The first-order chi connectivity index (χ1) is 8.63. The summed E-state index contributed by atoms with van der Waals surface area (Å²) in [5.41, 5.74) is 1.89. The number of hydrogen-bond acceptors (Lipinski definition) is 2. The smallest absolute Gasteiger partial charge is 0.251 e. The Morgan fingerprint density at radius 1 is 1.28 bits per heavy atom. The third kappa shape index (κ3) is 1.92. The summed E-state index contributed by atoms with van der Waals surface area (Å²) in [7, 11) is 0. The first kappa shape index (κ1) is 11.4. The second kappa shape index (κ2) is 4.20. The zero-order valence-electron chi connectivity index (χ0n) is 9.61. The highest BCUT2D eigenvalue weighted by Gasteiger charge is 2.10. The number of H-pyrrole nitrogens is 1. The van der Waals surface area contributed by atoms with E-state index in [-0.39, 0.29) is 5.82 Å². The fraction of sp³-hybridized carbons (Fsp3) is 0.167. The Kier molecular flexibility index (Phi) is 2.66. The molecule has 6 heteroatoms. The highest BCUT2D eigenvalue weighted by atomic mass is 79.9. The van der Waals surface area contributed by atoms with Crippen molar-refractivity contribution in [2.45, 2.75) is 13.3 Å². The van der Waals surface area contributed by atoms with Crippen LogP contribution in [0.2, 0.25) is 0 Å². The fourth-order valence-electron chi connectivity index (χ4n) is 1.82. The zero-order chi connectivity index (χ0) is 12.7. The van der Waals surface area contributed by atoms with E-state index in [1.165, 1.54) is 12.1 Å². The van der Waals surface area contributed by atoms with Gasteiger partial charge in [-0.25, -0.2) is 13.9 Å². The van der Waals surface area contributed by atoms with Crippen molar-refractivity contribution in [2.75, 3.05) is 0 Å². The van der Waals surface area contributed by atoms with Crippen LogP contribution in [0.4, 0.5) is 4.39 Å². The highest BCUT2D eigenvalue weighted by Crippen LogP contribution is 2.17. The maximum absolute atomic E-state index is 12.8. The Hall–Kier alpha value is -1.69.